The van der Waals surface area contributed by atoms with Crippen LogP contribution in [-0.2, 0) is 28.7 Å². The Morgan fingerprint density at radius 1 is 1.16 bits per heavy atom. The Kier molecular flexibility index (Phi) is 8.55. The van der Waals surface area contributed by atoms with Gasteiger partial charge in [0.15, 0.2) is 0 Å². The summed E-state index contributed by atoms with van der Waals surface area (Å²) in [5, 5.41) is 2.40. The number of nitrogens with one attached hydrogen (secondary N) is 1. The highest BCUT2D eigenvalue weighted by atomic mass is 32.2. The van der Waals surface area contributed by atoms with Crippen molar-refractivity contribution in [1.29, 1.82) is 0 Å². The second-order valence-electron chi connectivity index (χ2n) is 12.5. The summed E-state index contributed by atoms with van der Waals surface area (Å²) >= 11 is 0. The summed E-state index contributed by atoms with van der Waals surface area (Å²) in [5.41, 5.74) is -1.22. The third-order valence-corrected chi connectivity index (χ3v) is 8.79. The first-order valence-electron chi connectivity index (χ1n) is 13.0. The lowest BCUT2D eigenvalue weighted by Crippen LogP contribution is -2.51. The average Bonchev–Trinajstić information content (AvgIpc) is 3.31. The minimum atomic E-state index is -3.79. The molecule has 0 radical (unpaired) electrons. The molecule has 2 aliphatic rings. The summed E-state index contributed by atoms with van der Waals surface area (Å²) < 4.78 is 43.4. The van der Waals surface area contributed by atoms with Crippen LogP contribution in [0.3, 0.4) is 0 Å². The summed E-state index contributed by atoms with van der Waals surface area (Å²) in [6.07, 6.45) is 2.70. The van der Waals surface area contributed by atoms with Gasteiger partial charge in [0, 0.05) is 30.9 Å². The van der Waals surface area contributed by atoms with Crippen LogP contribution in [0, 0.1) is 11.8 Å². The number of hydrogen-bond acceptors (Lipinski definition) is 9. The SMILES string of the molecule is CC(C)[C@@H](NC(=O)OC(C)(C)C)C(=O)N1CC[C@H](CS(=O)(=O)c2ncc(B3OC(C)(C)C(C)(C)O3)cn2)C1. The Bertz CT molecular complexity index is 1120. The van der Waals surface area contributed by atoms with Gasteiger partial charge in [-0.2, -0.15) is 0 Å². The van der Waals surface area contributed by atoms with Crippen molar-refractivity contribution in [2.75, 3.05) is 18.8 Å². The van der Waals surface area contributed by atoms with Gasteiger partial charge in [0.2, 0.25) is 20.9 Å². The molecule has 2 atom stereocenters. The molecule has 0 spiro atoms. The maximum Gasteiger partial charge on any atom is 0.498 e. The van der Waals surface area contributed by atoms with Gasteiger partial charge < -0.3 is 24.3 Å². The van der Waals surface area contributed by atoms with Crippen LogP contribution in [0.1, 0.15) is 68.7 Å². The molecule has 3 rings (SSSR count). The van der Waals surface area contributed by atoms with Crippen molar-refractivity contribution in [2.24, 2.45) is 11.8 Å². The molecule has 0 unspecified atom stereocenters. The van der Waals surface area contributed by atoms with Crippen molar-refractivity contribution in [3.8, 4) is 0 Å². The molecule has 1 aromatic rings. The second kappa shape index (κ2) is 10.7. The van der Waals surface area contributed by atoms with Gasteiger partial charge in [-0.1, -0.05) is 13.8 Å². The quantitative estimate of drug-likeness (QED) is 0.398. The molecule has 212 valence electrons. The molecule has 2 saturated heterocycles. The molecule has 3 heterocycles. The van der Waals surface area contributed by atoms with Gasteiger partial charge in [-0.3, -0.25) is 4.79 Å². The summed E-state index contributed by atoms with van der Waals surface area (Å²) in [6, 6.07) is -0.772. The van der Waals surface area contributed by atoms with Gasteiger partial charge in [-0.05, 0) is 66.7 Å². The number of aromatic nitrogens is 2. The van der Waals surface area contributed by atoms with E-state index in [0.717, 1.165) is 0 Å². The number of carbonyl (C=O) groups excluding carboxylic acids is 2. The Hall–Kier alpha value is -2.25. The molecule has 1 N–H and O–H groups in total. The van der Waals surface area contributed by atoms with E-state index in [9.17, 15) is 18.0 Å². The monoisotopic (exact) mass is 552 g/mol. The number of amides is 2. The van der Waals surface area contributed by atoms with E-state index >= 15 is 0 Å². The van der Waals surface area contributed by atoms with Gasteiger partial charge in [0.05, 0.1) is 17.0 Å². The highest BCUT2D eigenvalue weighted by Gasteiger charge is 2.52. The first-order chi connectivity index (χ1) is 17.3. The summed E-state index contributed by atoms with van der Waals surface area (Å²) in [7, 11) is -4.47. The fourth-order valence-electron chi connectivity index (χ4n) is 4.29. The Labute approximate surface area is 226 Å². The van der Waals surface area contributed by atoms with Crippen LogP contribution >= 0.6 is 0 Å². The van der Waals surface area contributed by atoms with E-state index in [0.29, 0.717) is 18.4 Å². The fraction of sp³-hybridized carbons (Fsp3) is 0.760. The van der Waals surface area contributed by atoms with Crippen LogP contribution in [-0.4, -0.2) is 84.1 Å². The molecule has 38 heavy (non-hydrogen) atoms. The van der Waals surface area contributed by atoms with E-state index in [2.05, 4.69) is 15.3 Å². The maximum atomic E-state index is 13.2. The first-order valence-corrected chi connectivity index (χ1v) is 14.7. The molecular weight excluding hydrogens is 511 g/mol. The number of nitrogens with zero attached hydrogens (tertiary/aromatic N) is 3. The van der Waals surface area contributed by atoms with E-state index in [1.54, 1.807) is 25.7 Å². The number of hydrogen-bond donors (Lipinski definition) is 1. The van der Waals surface area contributed by atoms with Crippen molar-refractivity contribution in [3.63, 3.8) is 0 Å². The fourth-order valence-corrected chi connectivity index (χ4v) is 5.75. The molecule has 2 aliphatic heterocycles. The number of ether oxygens (including phenoxy) is 1. The lowest BCUT2D eigenvalue weighted by Gasteiger charge is -2.32. The lowest BCUT2D eigenvalue weighted by molar-refractivity contribution is -0.133. The van der Waals surface area contributed by atoms with E-state index in [1.807, 2.05) is 41.5 Å². The molecule has 11 nitrogen and oxygen atoms in total. The van der Waals surface area contributed by atoms with E-state index in [-0.39, 0.29) is 35.2 Å². The number of rotatable bonds is 7. The zero-order valence-corrected chi connectivity index (χ0v) is 24.7. The highest BCUT2D eigenvalue weighted by Crippen LogP contribution is 2.36. The smallest absolute Gasteiger partial charge is 0.444 e. The van der Waals surface area contributed by atoms with Crippen molar-refractivity contribution in [1.82, 2.24) is 20.2 Å². The van der Waals surface area contributed by atoms with Gasteiger partial charge >= 0.3 is 13.2 Å². The largest absolute Gasteiger partial charge is 0.498 e. The Morgan fingerprint density at radius 2 is 1.71 bits per heavy atom. The van der Waals surface area contributed by atoms with Crippen LogP contribution in [0.2, 0.25) is 0 Å². The highest BCUT2D eigenvalue weighted by molar-refractivity contribution is 7.91. The predicted molar refractivity (Wildman–Crippen MR) is 142 cm³/mol. The minimum absolute atomic E-state index is 0.173. The van der Waals surface area contributed by atoms with Crippen molar-refractivity contribution >= 4 is 34.4 Å². The van der Waals surface area contributed by atoms with Crippen molar-refractivity contribution < 1.29 is 32.1 Å². The van der Waals surface area contributed by atoms with E-state index < -0.39 is 45.9 Å². The predicted octanol–water partition coefficient (Wildman–Crippen LogP) is 1.95. The zero-order chi connectivity index (χ0) is 28.7. The minimum Gasteiger partial charge on any atom is -0.444 e. The van der Waals surface area contributed by atoms with Gasteiger partial charge in [0.1, 0.15) is 11.6 Å². The van der Waals surface area contributed by atoms with Crippen LogP contribution in [0.25, 0.3) is 0 Å². The van der Waals surface area contributed by atoms with Crippen LogP contribution in [0.15, 0.2) is 17.6 Å². The molecule has 1 aromatic heterocycles. The lowest BCUT2D eigenvalue weighted by atomic mass is 9.81. The number of likely N-dealkylation sites (tertiary alicyclic amines) is 1. The average molecular weight is 553 g/mol. The molecule has 13 heteroatoms. The zero-order valence-electron chi connectivity index (χ0n) is 23.9. The van der Waals surface area contributed by atoms with E-state index in [1.165, 1.54) is 12.4 Å². The van der Waals surface area contributed by atoms with Crippen LogP contribution in [0.5, 0.6) is 0 Å². The Balaban J connectivity index is 1.61. The molecular formula is C25H41BN4O7S. The Morgan fingerprint density at radius 3 is 2.21 bits per heavy atom. The number of sulfone groups is 1. The van der Waals surface area contributed by atoms with E-state index in [4.69, 9.17) is 14.0 Å². The summed E-state index contributed by atoms with van der Waals surface area (Å²) in [4.78, 5) is 35.2. The normalized spacial score (nSPS) is 22.0. The topological polar surface area (TPSA) is 137 Å². The molecule has 2 fully saturated rings. The van der Waals surface area contributed by atoms with Gasteiger partial charge in [-0.15, -0.1) is 0 Å². The summed E-state index contributed by atoms with van der Waals surface area (Å²) in [6.45, 7) is 17.3. The molecule has 2 amide bonds. The first kappa shape index (κ1) is 30.3. The standard InChI is InChI=1S/C25H41BN4O7S/c1-16(2)19(29-22(32)35-23(3,4)5)20(31)30-11-10-17(14-30)15-38(33,34)21-27-12-18(13-28-21)26-36-24(6,7)25(8,9)37-26/h12-13,16-17,19H,10-11,14-15H2,1-9H3,(H,29,32)/t17-,19+/m0/s1. The molecule has 0 aromatic carbocycles. The van der Waals surface area contributed by atoms with Crippen molar-refractivity contribution in [2.45, 2.75) is 96.7 Å². The maximum absolute atomic E-state index is 13.2. The molecule has 0 saturated carbocycles. The van der Waals surface area contributed by atoms with Crippen LogP contribution < -0.4 is 10.8 Å². The molecule has 0 aliphatic carbocycles. The second-order valence-corrected chi connectivity index (χ2v) is 14.4. The number of alkyl carbamates (subject to hydrolysis) is 1. The van der Waals surface area contributed by atoms with Crippen molar-refractivity contribution in [3.05, 3.63) is 12.4 Å². The summed E-state index contributed by atoms with van der Waals surface area (Å²) in [5.74, 6) is -0.884. The van der Waals surface area contributed by atoms with Gasteiger partial charge in [0.25, 0.3) is 0 Å². The molecule has 0 bridgehead atoms. The number of carbonyl (C=O) groups is 2. The van der Waals surface area contributed by atoms with Crippen LogP contribution in [0.4, 0.5) is 4.79 Å². The van der Waals surface area contributed by atoms with Gasteiger partial charge in [-0.25, -0.2) is 23.2 Å². The third-order valence-electron chi connectivity index (χ3n) is 7.11. The third kappa shape index (κ3) is 7.03.